The molecule has 0 saturated heterocycles. The molecule has 2 rings (SSSR count). The predicted molar refractivity (Wildman–Crippen MR) is 75.8 cm³/mol. The number of nitrogens with one attached hydrogen (secondary N) is 1. The molecule has 0 spiro atoms. The molecule has 2 aromatic rings. The van der Waals surface area contributed by atoms with Crippen molar-refractivity contribution in [2.24, 2.45) is 0 Å². The molecular formula is C16H17F2NO. The predicted octanol–water partition coefficient (Wildman–Crippen LogP) is 3.67. The summed E-state index contributed by atoms with van der Waals surface area (Å²) < 4.78 is 33.0. The molecule has 0 unspecified atom stereocenters. The highest BCUT2D eigenvalue weighted by atomic mass is 19.2. The fourth-order valence-electron chi connectivity index (χ4n) is 2.15. The second-order valence-corrected chi connectivity index (χ2v) is 4.61. The quantitative estimate of drug-likeness (QED) is 0.920. The Balaban J connectivity index is 2.60. The van der Waals surface area contributed by atoms with Gasteiger partial charge in [-0.15, -0.1) is 0 Å². The number of ether oxygens (including phenoxy) is 1. The van der Waals surface area contributed by atoms with Crippen LogP contribution in [0.1, 0.15) is 11.1 Å². The summed E-state index contributed by atoms with van der Waals surface area (Å²) in [6.45, 7) is 2.09. The topological polar surface area (TPSA) is 21.3 Å². The number of rotatable bonds is 4. The summed E-state index contributed by atoms with van der Waals surface area (Å²) in [5.41, 5.74) is 2.08. The van der Waals surface area contributed by atoms with E-state index in [0.717, 1.165) is 5.56 Å². The maximum absolute atomic E-state index is 14.1. The van der Waals surface area contributed by atoms with Gasteiger partial charge in [-0.3, -0.25) is 0 Å². The molecule has 0 fully saturated rings. The Hall–Kier alpha value is -1.94. The lowest BCUT2D eigenvalue weighted by Gasteiger charge is -2.13. The molecule has 0 radical (unpaired) electrons. The van der Waals surface area contributed by atoms with Gasteiger partial charge in [-0.1, -0.05) is 18.2 Å². The van der Waals surface area contributed by atoms with Crippen molar-refractivity contribution < 1.29 is 13.5 Å². The molecule has 0 bridgehead atoms. The summed E-state index contributed by atoms with van der Waals surface area (Å²) in [5.74, 6) is -0.923. The lowest BCUT2D eigenvalue weighted by Crippen LogP contribution is -2.07. The van der Waals surface area contributed by atoms with Crippen LogP contribution in [0.3, 0.4) is 0 Å². The van der Waals surface area contributed by atoms with E-state index in [9.17, 15) is 8.78 Å². The molecule has 0 amide bonds. The second kappa shape index (κ2) is 6.01. The summed E-state index contributed by atoms with van der Waals surface area (Å²) in [5, 5.41) is 3.02. The minimum Gasteiger partial charge on any atom is -0.497 e. The van der Waals surface area contributed by atoms with Gasteiger partial charge in [-0.2, -0.15) is 0 Å². The molecule has 2 aromatic carbocycles. The zero-order valence-electron chi connectivity index (χ0n) is 11.8. The fraction of sp³-hybridized carbons (Fsp3) is 0.250. The molecule has 0 aromatic heterocycles. The number of aryl methyl sites for hydroxylation is 1. The van der Waals surface area contributed by atoms with Gasteiger partial charge in [-0.05, 0) is 42.8 Å². The van der Waals surface area contributed by atoms with Crippen LogP contribution in [-0.4, -0.2) is 14.2 Å². The molecule has 0 aliphatic heterocycles. The van der Waals surface area contributed by atoms with Crippen molar-refractivity contribution in [3.8, 4) is 16.9 Å². The number of hydrogen-bond acceptors (Lipinski definition) is 2. The smallest absolute Gasteiger partial charge is 0.166 e. The molecule has 0 atom stereocenters. The Labute approximate surface area is 117 Å². The Bertz CT molecular complexity index is 626. The van der Waals surface area contributed by atoms with E-state index in [0.29, 0.717) is 23.4 Å². The van der Waals surface area contributed by atoms with E-state index in [4.69, 9.17) is 4.74 Å². The highest BCUT2D eigenvalue weighted by Crippen LogP contribution is 2.31. The number of hydrogen-bond donors (Lipinski definition) is 1. The van der Waals surface area contributed by atoms with Crippen LogP contribution in [0.15, 0.2) is 30.3 Å². The van der Waals surface area contributed by atoms with Crippen LogP contribution in [-0.2, 0) is 6.54 Å². The fourth-order valence-corrected chi connectivity index (χ4v) is 2.15. The number of halogens is 2. The van der Waals surface area contributed by atoms with E-state index in [1.165, 1.54) is 0 Å². The minimum atomic E-state index is -0.812. The first-order chi connectivity index (χ1) is 9.58. The SMILES string of the molecule is CNCc1cc(OC)ccc1-c1ccc(C)c(F)c1F. The first kappa shape index (κ1) is 14.5. The summed E-state index contributed by atoms with van der Waals surface area (Å²) in [4.78, 5) is 0. The van der Waals surface area contributed by atoms with Crippen LogP contribution in [0.4, 0.5) is 8.78 Å². The number of methoxy groups -OCH3 is 1. The van der Waals surface area contributed by atoms with Crippen LogP contribution in [0, 0.1) is 18.6 Å². The van der Waals surface area contributed by atoms with Crippen LogP contribution >= 0.6 is 0 Å². The highest BCUT2D eigenvalue weighted by molar-refractivity contribution is 5.69. The lowest BCUT2D eigenvalue weighted by atomic mass is 9.97. The van der Waals surface area contributed by atoms with Crippen molar-refractivity contribution in [3.63, 3.8) is 0 Å². The standard InChI is InChI=1S/C16H17F2NO/c1-10-4-6-14(16(18)15(10)17)13-7-5-12(20-3)8-11(13)9-19-2/h4-8,19H,9H2,1-3H3. The van der Waals surface area contributed by atoms with Crippen molar-refractivity contribution in [3.05, 3.63) is 53.1 Å². The zero-order chi connectivity index (χ0) is 14.7. The zero-order valence-corrected chi connectivity index (χ0v) is 11.8. The molecular weight excluding hydrogens is 260 g/mol. The number of benzene rings is 2. The van der Waals surface area contributed by atoms with Gasteiger partial charge in [-0.25, -0.2) is 8.78 Å². The molecule has 1 N–H and O–H groups in total. The van der Waals surface area contributed by atoms with Crippen LogP contribution < -0.4 is 10.1 Å². The van der Waals surface area contributed by atoms with Crippen molar-refractivity contribution in [1.82, 2.24) is 5.32 Å². The Morgan fingerprint density at radius 1 is 1.05 bits per heavy atom. The first-order valence-corrected chi connectivity index (χ1v) is 6.35. The molecule has 0 aliphatic rings. The van der Waals surface area contributed by atoms with E-state index in [1.54, 1.807) is 45.3 Å². The van der Waals surface area contributed by atoms with E-state index >= 15 is 0 Å². The first-order valence-electron chi connectivity index (χ1n) is 6.35. The van der Waals surface area contributed by atoms with Crippen LogP contribution in [0.2, 0.25) is 0 Å². The summed E-state index contributed by atoms with van der Waals surface area (Å²) in [6.07, 6.45) is 0. The maximum atomic E-state index is 14.1. The van der Waals surface area contributed by atoms with Gasteiger partial charge in [0.2, 0.25) is 0 Å². The van der Waals surface area contributed by atoms with Crippen molar-refractivity contribution in [2.45, 2.75) is 13.5 Å². The largest absolute Gasteiger partial charge is 0.497 e. The molecule has 0 saturated carbocycles. The van der Waals surface area contributed by atoms with E-state index in [2.05, 4.69) is 5.32 Å². The summed E-state index contributed by atoms with van der Waals surface area (Å²) >= 11 is 0. The van der Waals surface area contributed by atoms with E-state index < -0.39 is 11.6 Å². The van der Waals surface area contributed by atoms with E-state index in [-0.39, 0.29) is 5.56 Å². The van der Waals surface area contributed by atoms with Crippen LogP contribution in [0.5, 0.6) is 5.75 Å². The van der Waals surface area contributed by atoms with Gasteiger partial charge in [0.15, 0.2) is 11.6 Å². The van der Waals surface area contributed by atoms with Gasteiger partial charge in [0.05, 0.1) is 7.11 Å². The molecule has 0 aliphatic carbocycles. The Kier molecular flexibility index (Phi) is 4.35. The summed E-state index contributed by atoms with van der Waals surface area (Å²) in [6, 6.07) is 8.50. The molecule has 0 heterocycles. The lowest BCUT2D eigenvalue weighted by molar-refractivity contribution is 0.414. The summed E-state index contributed by atoms with van der Waals surface area (Å²) in [7, 11) is 3.37. The third-order valence-electron chi connectivity index (χ3n) is 3.25. The van der Waals surface area contributed by atoms with Gasteiger partial charge >= 0.3 is 0 Å². The van der Waals surface area contributed by atoms with Gasteiger partial charge in [0, 0.05) is 12.1 Å². The minimum absolute atomic E-state index is 0.265. The van der Waals surface area contributed by atoms with Crippen molar-refractivity contribution in [1.29, 1.82) is 0 Å². The second-order valence-electron chi connectivity index (χ2n) is 4.61. The third-order valence-corrected chi connectivity index (χ3v) is 3.25. The molecule has 20 heavy (non-hydrogen) atoms. The van der Waals surface area contributed by atoms with Gasteiger partial charge in [0.1, 0.15) is 5.75 Å². The highest BCUT2D eigenvalue weighted by Gasteiger charge is 2.15. The normalized spacial score (nSPS) is 10.7. The third kappa shape index (κ3) is 2.65. The molecule has 2 nitrogen and oxygen atoms in total. The van der Waals surface area contributed by atoms with Gasteiger partial charge < -0.3 is 10.1 Å². The molecule has 4 heteroatoms. The average molecular weight is 277 g/mol. The maximum Gasteiger partial charge on any atom is 0.166 e. The Morgan fingerprint density at radius 3 is 2.40 bits per heavy atom. The van der Waals surface area contributed by atoms with E-state index in [1.807, 2.05) is 6.07 Å². The van der Waals surface area contributed by atoms with Gasteiger partial charge in [0.25, 0.3) is 0 Å². The Morgan fingerprint density at radius 2 is 1.75 bits per heavy atom. The average Bonchev–Trinajstić information content (AvgIpc) is 2.46. The van der Waals surface area contributed by atoms with Crippen molar-refractivity contribution >= 4 is 0 Å². The monoisotopic (exact) mass is 277 g/mol. The molecule has 106 valence electrons. The van der Waals surface area contributed by atoms with Crippen molar-refractivity contribution in [2.75, 3.05) is 14.2 Å². The van der Waals surface area contributed by atoms with Crippen LogP contribution in [0.25, 0.3) is 11.1 Å².